The molecule has 98 valence electrons. The molecule has 1 heterocycles. The molecule has 3 heteroatoms. The van der Waals surface area contributed by atoms with Crippen molar-refractivity contribution in [3.8, 4) is 11.5 Å². The number of fused-ring (bicyclic) bond motifs is 1. The molecule has 0 bridgehead atoms. The highest BCUT2D eigenvalue weighted by molar-refractivity contribution is 5.46. The van der Waals surface area contributed by atoms with Crippen LogP contribution in [-0.2, 0) is 6.42 Å². The smallest absolute Gasteiger partial charge is 0.231 e. The Bertz CT molecular complexity index is 554. The largest absolute Gasteiger partial charge is 0.454 e. The summed E-state index contributed by atoms with van der Waals surface area (Å²) in [5.74, 6) is 1.69. The van der Waals surface area contributed by atoms with Gasteiger partial charge < -0.3 is 14.8 Å². The van der Waals surface area contributed by atoms with Gasteiger partial charge in [0.2, 0.25) is 6.79 Å². The molecule has 0 saturated heterocycles. The van der Waals surface area contributed by atoms with Crippen molar-refractivity contribution in [1.82, 2.24) is 0 Å². The van der Waals surface area contributed by atoms with Crippen LogP contribution in [0.4, 0.5) is 5.69 Å². The Morgan fingerprint density at radius 2 is 1.84 bits per heavy atom. The van der Waals surface area contributed by atoms with Crippen LogP contribution in [0.25, 0.3) is 0 Å². The van der Waals surface area contributed by atoms with E-state index in [1.54, 1.807) is 0 Å². The van der Waals surface area contributed by atoms with E-state index in [2.05, 4.69) is 36.5 Å². The Balaban J connectivity index is 1.65. The van der Waals surface area contributed by atoms with Crippen LogP contribution in [0.2, 0.25) is 0 Å². The molecule has 2 aromatic rings. The third kappa shape index (κ3) is 2.81. The summed E-state index contributed by atoms with van der Waals surface area (Å²) in [5.41, 5.74) is 2.40. The maximum Gasteiger partial charge on any atom is 0.231 e. The first kappa shape index (κ1) is 11.9. The van der Waals surface area contributed by atoms with Crippen molar-refractivity contribution >= 4 is 5.69 Å². The summed E-state index contributed by atoms with van der Waals surface area (Å²) >= 11 is 0. The van der Waals surface area contributed by atoms with E-state index in [1.807, 2.05) is 24.3 Å². The number of rotatable bonds is 4. The Hall–Kier alpha value is -2.16. The van der Waals surface area contributed by atoms with Crippen LogP contribution in [0, 0.1) is 0 Å². The molecule has 0 spiro atoms. The fourth-order valence-electron chi connectivity index (χ4n) is 2.29. The predicted octanol–water partition coefficient (Wildman–Crippen LogP) is 3.46. The molecule has 0 aromatic heterocycles. The molecule has 19 heavy (non-hydrogen) atoms. The van der Waals surface area contributed by atoms with E-state index in [0.29, 0.717) is 12.8 Å². The molecule has 0 saturated carbocycles. The molecule has 0 aliphatic carbocycles. The fraction of sp³-hybridized carbons (Fsp3) is 0.250. The third-order valence-corrected chi connectivity index (χ3v) is 3.17. The molecular formula is C16H17NO2. The zero-order chi connectivity index (χ0) is 13.1. The summed E-state index contributed by atoms with van der Waals surface area (Å²) in [5, 5.41) is 3.49. The van der Waals surface area contributed by atoms with Gasteiger partial charge in [-0.25, -0.2) is 0 Å². The number of benzene rings is 2. The van der Waals surface area contributed by atoms with Gasteiger partial charge in [-0.2, -0.15) is 0 Å². The van der Waals surface area contributed by atoms with Gasteiger partial charge in [0.25, 0.3) is 0 Å². The standard InChI is InChI=1S/C16H17NO2/c1-12(17-14-5-3-2-4-6-14)9-13-7-8-15-16(10-13)19-11-18-15/h2-8,10,12,17H,9,11H2,1H3. The normalized spacial score (nSPS) is 14.2. The Labute approximate surface area is 113 Å². The van der Waals surface area contributed by atoms with E-state index >= 15 is 0 Å². The second-order valence-corrected chi connectivity index (χ2v) is 4.80. The summed E-state index contributed by atoms with van der Waals surface area (Å²) in [7, 11) is 0. The molecule has 0 amide bonds. The van der Waals surface area contributed by atoms with Crippen molar-refractivity contribution in [2.75, 3.05) is 12.1 Å². The van der Waals surface area contributed by atoms with Crippen LogP contribution in [0.5, 0.6) is 11.5 Å². The van der Waals surface area contributed by atoms with Gasteiger partial charge in [-0.15, -0.1) is 0 Å². The van der Waals surface area contributed by atoms with Crippen molar-refractivity contribution in [1.29, 1.82) is 0 Å². The van der Waals surface area contributed by atoms with E-state index in [9.17, 15) is 0 Å². The molecular weight excluding hydrogens is 238 g/mol. The second kappa shape index (κ2) is 5.22. The predicted molar refractivity (Wildman–Crippen MR) is 75.8 cm³/mol. The highest BCUT2D eigenvalue weighted by Gasteiger charge is 2.14. The molecule has 0 fully saturated rings. The molecule has 3 nitrogen and oxygen atoms in total. The topological polar surface area (TPSA) is 30.5 Å². The maximum absolute atomic E-state index is 5.40. The maximum atomic E-state index is 5.40. The third-order valence-electron chi connectivity index (χ3n) is 3.17. The SMILES string of the molecule is CC(Cc1ccc2c(c1)OCO2)Nc1ccccc1. The molecule has 1 unspecified atom stereocenters. The van der Waals surface area contributed by atoms with Crippen LogP contribution >= 0.6 is 0 Å². The molecule has 2 aromatic carbocycles. The Morgan fingerprint density at radius 3 is 2.68 bits per heavy atom. The average molecular weight is 255 g/mol. The molecule has 1 aliphatic rings. The first-order valence-corrected chi connectivity index (χ1v) is 6.51. The van der Waals surface area contributed by atoms with E-state index in [0.717, 1.165) is 23.6 Å². The minimum Gasteiger partial charge on any atom is -0.454 e. The number of hydrogen-bond acceptors (Lipinski definition) is 3. The van der Waals surface area contributed by atoms with E-state index in [4.69, 9.17) is 9.47 Å². The highest BCUT2D eigenvalue weighted by atomic mass is 16.7. The molecule has 1 N–H and O–H groups in total. The second-order valence-electron chi connectivity index (χ2n) is 4.80. The minimum atomic E-state index is 0.330. The van der Waals surface area contributed by atoms with Gasteiger partial charge in [-0.05, 0) is 43.2 Å². The van der Waals surface area contributed by atoms with E-state index in [1.165, 1.54) is 5.56 Å². The van der Waals surface area contributed by atoms with E-state index in [-0.39, 0.29) is 0 Å². The van der Waals surface area contributed by atoms with Gasteiger partial charge in [-0.1, -0.05) is 24.3 Å². The van der Waals surface area contributed by atoms with Crippen molar-refractivity contribution in [3.63, 3.8) is 0 Å². The fourth-order valence-corrected chi connectivity index (χ4v) is 2.29. The average Bonchev–Trinajstić information content (AvgIpc) is 2.87. The number of para-hydroxylation sites is 1. The minimum absolute atomic E-state index is 0.330. The zero-order valence-electron chi connectivity index (χ0n) is 10.9. The van der Waals surface area contributed by atoms with Gasteiger partial charge in [0, 0.05) is 11.7 Å². The van der Waals surface area contributed by atoms with Crippen LogP contribution in [-0.4, -0.2) is 12.8 Å². The first-order chi connectivity index (χ1) is 9.31. The molecule has 1 aliphatic heterocycles. The lowest BCUT2D eigenvalue weighted by molar-refractivity contribution is 0.174. The monoisotopic (exact) mass is 255 g/mol. The van der Waals surface area contributed by atoms with Crippen molar-refractivity contribution in [2.45, 2.75) is 19.4 Å². The lowest BCUT2D eigenvalue weighted by atomic mass is 10.1. The molecule has 3 rings (SSSR count). The van der Waals surface area contributed by atoms with Crippen molar-refractivity contribution in [2.24, 2.45) is 0 Å². The number of hydrogen-bond donors (Lipinski definition) is 1. The quantitative estimate of drug-likeness (QED) is 0.907. The Morgan fingerprint density at radius 1 is 1.05 bits per heavy atom. The van der Waals surface area contributed by atoms with Gasteiger partial charge in [-0.3, -0.25) is 0 Å². The van der Waals surface area contributed by atoms with Gasteiger partial charge in [0.15, 0.2) is 11.5 Å². The summed E-state index contributed by atoms with van der Waals surface area (Å²) < 4.78 is 10.7. The summed E-state index contributed by atoms with van der Waals surface area (Å²) in [6.45, 7) is 2.51. The molecule has 0 radical (unpaired) electrons. The zero-order valence-corrected chi connectivity index (χ0v) is 10.9. The summed E-state index contributed by atoms with van der Waals surface area (Å²) in [4.78, 5) is 0. The lowest BCUT2D eigenvalue weighted by Gasteiger charge is -2.15. The number of ether oxygens (including phenoxy) is 2. The highest BCUT2D eigenvalue weighted by Crippen LogP contribution is 2.32. The molecule has 1 atom stereocenters. The van der Waals surface area contributed by atoms with Crippen molar-refractivity contribution in [3.05, 3.63) is 54.1 Å². The summed E-state index contributed by atoms with van der Waals surface area (Å²) in [6, 6.07) is 16.8. The van der Waals surface area contributed by atoms with Crippen LogP contribution in [0.3, 0.4) is 0 Å². The van der Waals surface area contributed by atoms with Gasteiger partial charge in [0.1, 0.15) is 0 Å². The van der Waals surface area contributed by atoms with Gasteiger partial charge >= 0.3 is 0 Å². The van der Waals surface area contributed by atoms with Crippen LogP contribution in [0.15, 0.2) is 48.5 Å². The van der Waals surface area contributed by atoms with Crippen molar-refractivity contribution < 1.29 is 9.47 Å². The summed E-state index contributed by atoms with van der Waals surface area (Å²) in [6.07, 6.45) is 0.950. The number of anilines is 1. The first-order valence-electron chi connectivity index (χ1n) is 6.51. The number of nitrogens with one attached hydrogen (secondary N) is 1. The van der Waals surface area contributed by atoms with Gasteiger partial charge in [0.05, 0.1) is 0 Å². The lowest BCUT2D eigenvalue weighted by Crippen LogP contribution is -2.17. The van der Waals surface area contributed by atoms with Crippen LogP contribution < -0.4 is 14.8 Å². The van der Waals surface area contributed by atoms with Crippen LogP contribution in [0.1, 0.15) is 12.5 Å². The van der Waals surface area contributed by atoms with E-state index < -0.39 is 0 Å². The Kier molecular flexibility index (Phi) is 3.27.